The number of aromatic nitrogens is 2. The van der Waals surface area contributed by atoms with Crippen LogP contribution in [0, 0.1) is 11.3 Å². The zero-order valence-corrected chi connectivity index (χ0v) is 14.9. The van der Waals surface area contributed by atoms with Gasteiger partial charge in [-0.3, -0.25) is 0 Å². The molecule has 0 fully saturated rings. The summed E-state index contributed by atoms with van der Waals surface area (Å²) in [6, 6.07) is 8.53. The number of ether oxygens (including phenoxy) is 1. The van der Waals surface area contributed by atoms with Crippen molar-refractivity contribution >= 4 is 19.7 Å². The van der Waals surface area contributed by atoms with Gasteiger partial charge in [-0.1, -0.05) is 31.2 Å². The third-order valence-corrected chi connectivity index (χ3v) is 5.14. The third-order valence-electron chi connectivity index (χ3n) is 3.21. The van der Waals surface area contributed by atoms with Gasteiger partial charge in [0, 0.05) is 31.5 Å². The maximum Gasteiger partial charge on any atom is 0.139 e. The van der Waals surface area contributed by atoms with E-state index in [0.717, 1.165) is 23.8 Å². The molecule has 4 nitrogen and oxygen atoms in total. The average Bonchev–Trinajstić information content (AvgIpc) is 2.91. The molecule has 6 heteroatoms. The molecule has 1 heterocycles. The zero-order valence-electron chi connectivity index (χ0n) is 13.1. The van der Waals surface area contributed by atoms with Gasteiger partial charge in [0.05, 0.1) is 17.8 Å². The van der Waals surface area contributed by atoms with Gasteiger partial charge < -0.3 is 4.74 Å². The van der Waals surface area contributed by atoms with Crippen LogP contribution in [-0.4, -0.2) is 24.5 Å². The van der Waals surface area contributed by atoms with Crippen molar-refractivity contribution in [1.82, 2.24) is 9.78 Å². The van der Waals surface area contributed by atoms with Crippen molar-refractivity contribution in [2.24, 2.45) is 0 Å². The summed E-state index contributed by atoms with van der Waals surface area (Å²) in [5.74, 6) is 0. The van der Waals surface area contributed by atoms with E-state index in [4.69, 9.17) is 21.6 Å². The van der Waals surface area contributed by atoms with E-state index in [1.54, 1.807) is 23.0 Å². The molecule has 0 radical (unpaired) electrons. The second-order valence-electron chi connectivity index (χ2n) is 6.46. The first-order chi connectivity index (χ1) is 10.4. The fourth-order valence-electron chi connectivity index (χ4n) is 1.94. The first-order valence-corrected chi connectivity index (χ1v) is 11.3. The highest BCUT2D eigenvalue weighted by Crippen LogP contribution is 2.24. The molecule has 0 atom stereocenters. The van der Waals surface area contributed by atoms with E-state index in [2.05, 4.69) is 30.8 Å². The lowest BCUT2D eigenvalue weighted by molar-refractivity contribution is 0.0786. The molecule has 22 heavy (non-hydrogen) atoms. The lowest BCUT2D eigenvalue weighted by Crippen LogP contribution is -2.22. The Hall–Kier alpha value is -1.61. The van der Waals surface area contributed by atoms with E-state index in [-0.39, 0.29) is 0 Å². The largest absolute Gasteiger partial charge is 0.360 e. The molecule has 0 aliphatic rings. The van der Waals surface area contributed by atoms with Crippen molar-refractivity contribution < 1.29 is 4.74 Å². The molecule has 1 aromatic heterocycles. The van der Waals surface area contributed by atoms with Crippen LogP contribution in [0.2, 0.25) is 30.7 Å². The molecule has 0 N–H and O–H groups in total. The molecule has 0 amide bonds. The summed E-state index contributed by atoms with van der Waals surface area (Å²) in [6.07, 6.45) is 3.66. The number of benzene rings is 1. The Morgan fingerprint density at radius 1 is 1.27 bits per heavy atom. The predicted octanol–water partition coefficient (Wildman–Crippen LogP) is 4.39. The highest BCUT2D eigenvalue weighted by Gasteiger charge is 2.12. The first-order valence-electron chi connectivity index (χ1n) is 7.19. The van der Waals surface area contributed by atoms with Crippen LogP contribution in [0.5, 0.6) is 0 Å². The van der Waals surface area contributed by atoms with Crippen LogP contribution in [0.4, 0.5) is 0 Å². The fraction of sp³-hybridized carbons (Fsp3) is 0.375. The smallest absolute Gasteiger partial charge is 0.139 e. The quantitative estimate of drug-likeness (QED) is 0.582. The first kappa shape index (κ1) is 16.8. The van der Waals surface area contributed by atoms with Crippen molar-refractivity contribution in [2.75, 3.05) is 6.61 Å². The van der Waals surface area contributed by atoms with Gasteiger partial charge in [-0.25, -0.2) is 4.68 Å². The highest BCUT2D eigenvalue weighted by molar-refractivity contribution is 6.76. The van der Waals surface area contributed by atoms with Gasteiger partial charge in [0.15, 0.2) is 0 Å². The van der Waals surface area contributed by atoms with Crippen molar-refractivity contribution in [3.63, 3.8) is 0 Å². The second-order valence-corrected chi connectivity index (χ2v) is 12.5. The molecule has 0 unspecified atom stereocenters. The van der Waals surface area contributed by atoms with Gasteiger partial charge >= 0.3 is 0 Å². The van der Waals surface area contributed by atoms with Crippen LogP contribution in [0.25, 0.3) is 11.1 Å². The van der Waals surface area contributed by atoms with Crippen molar-refractivity contribution in [3.05, 3.63) is 41.2 Å². The van der Waals surface area contributed by atoms with Gasteiger partial charge in [0.1, 0.15) is 6.73 Å². The molecule has 116 valence electrons. The molecule has 0 spiro atoms. The normalized spacial score (nSPS) is 11.4. The summed E-state index contributed by atoms with van der Waals surface area (Å²) < 4.78 is 7.43. The van der Waals surface area contributed by atoms with Gasteiger partial charge in [-0.05, 0) is 29.8 Å². The van der Waals surface area contributed by atoms with Crippen LogP contribution in [-0.2, 0) is 11.5 Å². The van der Waals surface area contributed by atoms with Crippen LogP contribution < -0.4 is 0 Å². The maximum absolute atomic E-state index is 9.00. The zero-order chi connectivity index (χ0) is 16.2. The number of rotatable bonds is 6. The SMILES string of the molecule is C[Si](C)(C)CCOCn1cc(-c2cc(Cl)cc(C#N)c2)cn1. The Kier molecular flexibility index (Phi) is 5.41. The van der Waals surface area contributed by atoms with Crippen LogP contribution in [0.15, 0.2) is 30.6 Å². The Morgan fingerprint density at radius 2 is 2.05 bits per heavy atom. The molecule has 0 saturated heterocycles. The molecular formula is C16H20ClN3OSi. The number of nitrogens with zero attached hydrogens (tertiary/aromatic N) is 3. The standard InChI is InChI=1S/C16H20ClN3OSi/c1-22(2,3)5-4-21-12-20-11-15(10-19-20)14-6-13(9-18)7-16(17)8-14/h6-8,10-11H,4-5,12H2,1-3H3. The number of hydrogen-bond donors (Lipinski definition) is 0. The molecule has 0 bridgehead atoms. The Bertz CT molecular complexity index is 685. The van der Waals surface area contributed by atoms with Gasteiger partial charge in [0.25, 0.3) is 0 Å². The van der Waals surface area contributed by atoms with Gasteiger partial charge in [-0.2, -0.15) is 10.4 Å². The van der Waals surface area contributed by atoms with E-state index in [1.165, 1.54) is 0 Å². The van der Waals surface area contributed by atoms with E-state index < -0.39 is 8.07 Å². The lowest BCUT2D eigenvalue weighted by atomic mass is 10.1. The van der Waals surface area contributed by atoms with Crippen molar-refractivity contribution in [3.8, 4) is 17.2 Å². The molecule has 0 aliphatic carbocycles. The minimum atomic E-state index is -1.06. The summed E-state index contributed by atoms with van der Waals surface area (Å²) in [7, 11) is -1.06. The fourth-order valence-corrected chi connectivity index (χ4v) is 2.93. The van der Waals surface area contributed by atoms with E-state index in [9.17, 15) is 0 Å². The van der Waals surface area contributed by atoms with Gasteiger partial charge in [-0.15, -0.1) is 0 Å². The predicted molar refractivity (Wildman–Crippen MR) is 91.5 cm³/mol. The number of halogens is 1. The molecule has 2 aromatic rings. The number of hydrogen-bond acceptors (Lipinski definition) is 3. The molecule has 0 saturated carbocycles. The number of nitriles is 1. The Labute approximate surface area is 137 Å². The van der Waals surface area contributed by atoms with Crippen molar-refractivity contribution in [1.29, 1.82) is 5.26 Å². The second kappa shape index (κ2) is 7.10. The Balaban J connectivity index is 2.00. The van der Waals surface area contributed by atoms with Crippen molar-refractivity contribution in [2.45, 2.75) is 32.4 Å². The summed E-state index contributed by atoms with van der Waals surface area (Å²) in [5, 5.41) is 13.8. The topological polar surface area (TPSA) is 50.8 Å². The maximum atomic E-state index is 9.00. The van der Waals surface area contributed by atoms with Gasteiger partial charge in [0.2, 0.25) is 0 Å². The third kappa shape index (κ3) is 4.99. The minimum absolute atomic E-state index is 0.441. The molecule has 2 rings (SSSR count). The summed E-state index contributed by atoms with van der Waals surface area (Å²) in [4.78, 5) is 0. The minimum Gasteiger partial charge on any atom is -0.360 e. The average molecular weight is 334 g/mol. The summed E-state index contributed by atoms with van der Waals surface area (Å²) in [5.41, 5.74) is 2.35. The lowest BCUT2D eigenvalue weighted by Gasteiger charge is -2.15. The molecule has 1 aromatic carbocycles. The summed E-state index contributed by atoms with van der Waals surface area (Å²) >= 11 is 6.03. The van der Waals surface area contributed by atoms with Crippen LogP contribution in [0.3, 0.4) is 0 Å². The van der Waals surface area contributed by atoms with E-state index in [1.807, 2.05) is 12.3 Å². The van der Waals surface area contributed by atoms with E-state index >= 15 is 0 Å². The molecular weight excluding hydrogens is 314 g/mol. The van der Waals surface area contributed by atoms with E-state index in [0.29, 0.717) is 17.3 Å². The summed E-state index contributed by atoms with van der Waals surface area (Å²) in [6.45, 7) is 8.19. The Morgan fingerprint density at radius 3 is 2.73 bits per heavy atom. The van der Waals surface area contributed by atoms with Crippen LogP contribution in [0.1, 0.15) is 5.56 Å². The van der Waals surface area contributed by atoms with Crippen LogP contribution >= 0.6 is 11.6 Å². The highest BCUT2D eigenvalue weighted by atomic mass is 35.5. The molecule has 0 aliphatic heterocycles. The monoisotopic (exact) mass is 333 g/mol.